The third-order valence-electron chi connectivity index (χ3n) is 3.63. The summed E-state index contributed by atoms with van der Waals surface area (Å²) in [5, 5.41) is 9.04. The highest BCUT2D eigenvalue weighted by atomic mass is 16.5. The number of hydrogen-bond acceptors (Lipinski definition) is 3. The van der Waals surface area contributed by atoms with Gasteiger partial charge in [-0.05, 0) is 37.1 Å². The van der Waals surface area contributed by atoms with Crippen LogP contribution in [0.1, 0.15) is 29.5 Å². The molecule has 4 nitrogen and oxygen atoms in total. The molecule has 1 unspecified atom stereocenters. The fourth-order valence-corrected chi connectivity index (χ4v) is 2.35. The lowest BCUT2D eigenvalue weighted by Gasteiger charge is -2.42. The molecule has 0 aromatic heterocycles. The normalized spacial score (nSPS) is 22.4. The van der Waals surface area contributed by atoms with Crippen LogP contribution in [0.25, 0.3) is 0 Å². The van der Waals surface area contributed by atoms with E-state index in [9.17, 15) is 4.79 Å². The summed E-state index contributed by atoms with van der Waals surface area (Å²) in [4.78, 5) is 11.0. The van der Waals surface area contributed by atoms with Crippen molar-refractivity contribution >= 4 is 5.97 Å². The number of aliphatic carboxylic acids is 1. The monoisotopic (exact) mass is 250 g/mol. The van der Waals surface area contributed by atoms with Gasteiger partial charge in [-0.1, -0.05) is 0 Å². The lowest BCUT2D eigenvalue weighted by molar-refractivity contribution is -0.176. The second-order valence-corrected chi connectivity index (χ2v) is 4.80. The Morgan fingerprint density at radius 3 is 2.50 bits per heavy atom. The topological polar surface area (TPSA) is 55.8 Å². The molecule has 1 heterocycles. The first kappa shape index (κ1) is 12.9. The molecule has 1 aliphatic rings. The van der Waals surface area contributed by atoms with Gasteiger partial charge < -0.3 is 14.6 Å². The molecule has 98 valence electrons. The van der Waals surface area contributed by atoms with Crippen molar-refractivity contribution in [2.75, 3.05) is 13.7 Å². The van der Waals surface area contributed by atoms with Crippen LogP contribution in [0.3, 0.4) is 0 Å². The van der Waals surface area contributed by atoms with Gasteiger partial charge in [0.1, 0.15) is 11.4 Å². The molecule has 0 amide bonds. The van der Waals surface area contributed by atoms with Gasteiger partial charge in [-0.25, -0.2) is 0 Å². The molecular weight excluding hydrogens is 232 g/mol. The van der Waals surface area contributed by atoms with E-state index in [1.165, 1.54) is 0 Å². The predicted octanol–water partition coefficient (Wildman–Crippen LogP) is 2.40. The van der Waals surface area contributed by atoms with Crippen LogP contribution in [-0.4, -0.2) is 24.8 Å². The lowest BCUT2D eigenvalue weighted by Crippen LogP contribution is -2.43. The van der Waals surface area contributed by atoms with Crippen molar-refractivity contribution in [1.82, 2.24) is 0 Å². The Morgan fingerprint density at radius 2 is 2.06 bits per heavy atom. The number of carboxylic acids is 1. The van der Waals surface area contributed by atoms with Crippen LogP contribution in [0.2, 0.25) is 0 Å². The van der Waals surface area contributed by atoms with Gasteiger partial charge in [0.15, 0.2) is 0 Å². The largest absolute Gasteiger partial charge is 0.496 e. The van der Waals surface area contributed by atoms with E-state index < -0.39 is 11.6 Å². The number of benzene rings is 1. The maximum Gasteiger partial charge on any atom is 0.306 e. The summed E-state index contributed by atoms with van der Waals surface area (Å²) in [5.74, 6) is -0.144. The Morgan fingerprint density at radius 1 is 1.44 bits per heavy atom. The number of methoxy groups -OCH3 is 1. The molecule has 0 aliphatic carbocycles. The van der Waals surface area contributed by atoms with E-state index >= 15 is 0 Å². The molecule has 1 atom stereocenters. The van der Waals surface area contributed by atoms with Crippen LogP contribution in [0.5, 0.6) is 5.75 Å². The van der Waals surface area contributed by atoms with Crippen LogP contribution in [0.4, 0.5) is 0 Å². The SMILES string of the molecule is COc1cc(C)c(C)cc1C1(CC(=O)O)CCO1. The van der Waals surface area contributed by atoms with Crippen molar-refractivity contribution in [3.8, 4) is 5.75 Å². The van der Waals surface area contributed by atoms with E-state index in [1.807, 2.05) is 26.0 Å². The molecule has 1 fully saturated rings. The average molecular weight is 250 g/mol. The van der Waals surface area contributed by atoms with E-state index in [0.29, 0.717) is 12.4 Å². The fourth-order valence-electron chi connectivity index (χ4n) is 2.35. The Kier molecular flexibility index (Phi) is 3.30. The molecule has 1 aromatic rings. The fraction of sp³-hybridized carbons (Fsp3) is 0.500. The molecule has 1 aliphatic heterocycles. The maximum absolute atomic E-state index is 11.0. The number of hydrogen-bond donors (Lipinski definition) is 1. The number of ether oxygens (including phenoxy) is 2. The molecule has 1 saturated heterocycles. The molecule has 18 heavy (non-hydrogen) atoms. The zero-order valence-corrected chi connectivity index (χ0v) is 10.9. The van der Waals surface area contributed by atoms with Crippen molar-refractivity contribution in [2.24, 2.45) is 0 Å². The van der Waals surface area contributed by atoms with E-state index in [4.69, 9.17) is 14.6 Å². The minimum atomic E-state index is -0.852. The Bertz CT molecular complexity index is 475. The van der Waals surface area contributed by atoms with Gasteiger partial charge in [-0.15, -0.1) is 0 Å². The van der Waals surface area contributed by atoms with Crippen molar-refractivity contribution in [3.05, 3.63) is 28.8 Å². The Labute approximate surface area is 107 Å². The molecule has 1 aromatic carbocycles. The van der Waals surface area contributed by atoms with Crippen LogP contribution in [-0.2, 0) is 15.1 Å². The van der Waals surface area contributed by atoms with Crippen molar-refractivity contribution in [1.29, 1.82) is 0 Å². The molecule has 4 heteroatoms. The second kappa shape index (κ2) is 4.61. The van der Waals surface area contributed by atoms with E-state index in [1.54, 1.807) is 7.11 Å². The highest BCUT2D eigenvalue weighted by molar-refractivity contribution is 5.69. The second-order valence-electron chi connectivity index (χ2n) is 4.80. The van der Waals surface area contributed by atoms with Crippen molar-refractivity contribution in [3.63, 3.8) is 0 Å². The van der Waals surface area contributed by atoms with Gasteiger partial charge in [0, 0.05) is 12.0 Å². The molecule has 1 N–H and O–H groups in total. The van der Waals surface area contributed by atoms with Gasteiger partial charge in [0.05, 0.1) is 20.1 Å². The molecule has 0 saturated carbocycles. The minimum absolute atomic E-state index is 0.0220. The summed E-state index contributed by atoms with van der Waals surface area (Å²) in [6.07, 6.45) is 0.698. The summed E-state index contributed by atoms with van der Waals surface area (Å²) in [7, 11) is 1.60. The van der Waals surface area contributed by atoms with Crippen LogP contribution in [0.15, 0.2) is 12.1 Å². The van der Waals surface area contributed by atoms with Gasteiger partial charge in [-0.2, -0.15) is 0 Å². The number of carbonyl (C=O) groups is 1. The lowest BCUT2D eigenvalue weighted by atomic mass is 9.81. The molecule has 0 radical (unpaired) electrons. The smallest absolute Gasteiger partial charge is 0.306 e. The summed E-state index contributed by atoms with van der Waals surface area (Å²) in [5.41, 5.74) is 2.38. The third kappa shape index (κ3) is 2.08. The quantitative estimate of drug-likeness (QED) is 0.891. The van der Waals surface area contributed by atoms with Crippen LogP contribution >= 0.6 is 0 Å². The number of carboxylic acid groups (broad SMARTS) is 1. The highest BCUT2D eigenvalue weighted by Gasteiger charge is 2.44. The number of rotatable bonds is 4. The van der Waals surface area contributed by atoms with Crippen LogP contribution < -0.4 is 4.74 Å². The van der Waals surface area contributed by atoms with Gasteiger partial charge >= 0.3 is 5.97 Å². The first-order valence-corrected chi connectivity index (χ1v) is 6.00. The first-order valence-electron chi connectivity index (χ1n) is 6.00. The molecule has 0 spiro atoms. The zero-order valence-electron chi connectivity index (χ0n) is 10.9. The molecule has 0 bridgehead atoms. The first-order chi connectivity index (χ1) is 8.48. The maximum atomic E-state index is 11.0. The van der Waals surface area contributed by atoms with Gasteiger partial charge in [0.25, 0.3) is 0 Å². The van der Waals surface area contributed by atoms with Crippen molar-refractivity contribution < 1.29 is 19.4 Å². The van der Waals surface area contributed by atoms with E-state index in [0.717, 1.165) is 23.1 Å². The predicted molar refractivity (Wildman–Crippen MR) is 67.0 cm³/mol. The summed E-state index contributed by atoms with van der Waals surface area (Å²) >= 11 is 0. The van der Waals surface area contributed by atoms with Gasteiger partial charge in [-0.3, -0.25) is 4.79 Å². The summed E-state index contributed by atoms with van der Waals surface area (Å²) in [6.45, 7) is 4.61. The summed E-state index contributed by atoms with van der Waals surface area (Å²) < 4.78 is 11.0. The zero-order chi connectivity index (χ0) is 13.3. The van der Waals surface area contributed by atoms with Gasteiger partial charge in [0.2, 0.25) is 0 Å². The summed E-state index contributed by atoms with van der Waals surface area (Å²) in [6, 6.07) is 3.92. The third-order valence-corrected chi connectivity index (χ3v) is 3.63. The standard InChI is InChI=1S/C14H18O4/c1-9-6-11(12(17-3)7-10(9)2)14(4-5-18-14)8-13(15)16/h6-7H,4-5,8H2,1-3H3,(H,15,16). The highest BCUT2D eigenvalue weighted by Crippen LogP contribution is 2.45. The minimum Gasteiger partial charge on any atom is -0.496 e. The molecular formula is C14H18O4. The average Bonchev–Trinajstić information content (AvgIpc) is 2.26. The van der Waals surface area contributed by atoms with E-state index in [-0.39, 0.29) is 6.42 Å². The number of aryl methyl sites for hydroxylation is 2. The van der Waals surface area contributed by atoms with Crippen molar-refractivity contribution in [2.45, 2.75) is 32.3 Å². The van der Waals surface area contributed by atoms with E-state index in [2.05, 4.69) is 0 Å². The van der Waals surface area contributed by atoms with Crippen LogP contribution in [0, 0.1) is 13.8 Å². The Hall–Kier alpha value is -1.55. The Balaban J connectivity index is 2.47. The molecule has 2 rings (SSSR count).